The van der Waals surface area contributed by atoms with Gasteiger partial charge in [-0.3, -0.25) is 4.79 Å². The standard InChI is InChI=1S/C12H17FN2O3S/c1-9(2)7-14-12(16)8-15-19(17,18)11-5-3-4-10(13)6-11/h3-6,9,15H,7-8H2,1-2H3,(H,14,16). The lowest BCUT2D eigenvalue weighted by Gasteiger charge is -2.09. The minimum Gasteiger partial charge on any atom is -0.355 e. The molecule has 0 heterocycles. The summed E-state index contributed by atoms with van der Waals surface area (Å²) < 4.78 is 38.6. The van der Waals surface area contributed by atoms with Crippen molar-refractivity contribution < 1.29 is 17.6 Å². The number of amides is 1. The molecule has 0 fully saturated rings. The van der Waals surface area contributed by atoms with E-state index in [0.29, 0.717) is 6.54 Å². The number of halogens is 1. The van der Waals surface area contributed by atoms with Crippen LogP contribution in [0.3, 0.4) is 0 Å². The normalized spacial score (nSPS) is 11.6. The van der Waals surface area contributed by atoms with Crippen molar-refractivity contribution in [2.24, 2.45) is 5.92 Å². The van der Waals surface area contributed by atoms with Crippen LogP contribution in [0.1, 0.15) is 13.8 Å². The van der Waals surface area contributed by atoms with E-state index in [4.69, 9.17) is 0 Å². The maximum absolute atomic E-state index is 12.9. The Morgan fingerprint density at radius 2 is 2.05 bits per heavy atom. The second-order valence-electron chi connectivity index (χ2n) is 4.48. The first kappa shape index (κ1) is 15.6. The fraction of sp³-hybridized carbons (Fsp3) is 0.417. The predicted octanol–water partition coefficient (Wildman–Crippen LogP) is 0.876. The maximum atomic E-state index is 12.9. The Morgan fingerprint density at radius 3 is 2.63 bits per heavy atom. The Hall–Kier alpha value is -1.47. The molecule has 0 aliphatic carbocycles. The zero-order chi connectivity index (χ0) is 14.5. The van der Waals surface area contributed by atoms with Crippen molar-refractivity contribution in [1.82, 2.24) is 10.0 Å². The van der Waals surface area contributed by atoms with Crippen LogP contribution in [0, 0.1) is 11.7 Å². The molecule has 0 saturated heterocycles. The molecule has 5 nitrogen and oxygen atoms in total. The van der Waals surface area contributed by atoms with Crippen LogP contribution in [0.5, 0.6) is 0 Å². The Bertz CT molecular complexity index is 544. The zero-order valence-corrected chi connectivity index (χ0v) is 11.6. The van der Waals surface area contributed by atoms with Crippen LogP contribution in [0.4, 0.5) is 4.39 Å². The first-order valence-corrected chi connectivity index (χ1v) is 7.31. The van der Waals surface area contributed by atoms with E-state index >= 15 is 0 Å². The molecule has 1 amide bonds. The number of carbonyl (C=O) groups excluding carboxylic acids is 1. The monoisotopic (exact) mass is 288 g/mol. The Balaban J connectivity index is 2.59. The lowest BCUT2D eigenvalue weighted by molar-refractivity contribution is -0.120. The van der Waals surface area contributed by atoms with Gasteiger partial charge in [-0.2, -0.15) is 0 Å². The summed E-state index contributed by atoms with van der Waals surface area (Å²) in [5.41, 5.74) is 0. The summed E-state index contributed by atoms with van der Waals surface area (Å²) in [4.78, 5) is 11.2. The molecule has 106 valence electrons. The van der Waals surface area contributed by atoms with Gasteiger partial charge in [-0.05, 0) is 24.1 Å². The lowest BCUT2D eigenvalue weighted by Crippen LogP contribution is -2.38. The van der Waals surface area contributed by atoms with E-state index < -0.39 is 21.7 Å². The number of hydrogen-bond acceptors (Lipinski definition) is 3. The molecule has 2 N–H and O–H groups in total. The van der Waals surface area contributed by atoms with Crippen LogP contribution in [0.25, 0.3) is 0 Å². The SMILES string of the molecule is CC(C)CNC(=O)CNS(=O)(=O)c1cccc(F)c1. The summed E-state index contributed by atoms with van der Waals surface area (Å²) in [5, 5.41) is 2.58. The van der Waals surface area contributed by atoms with Gasteiger partial charge in [-0.15, -0.1) is 0 Å². The molecule has 1 aromatic carbocycles. The average Bonchev–Trinajstić information content (AvgIpc) is 2.34. The molecule has 0 aliphatic heterocycles. The molecule has 0 aliphatic rings. The number of nitrogens with one attached hydrogen (secondary N) is 2. The van der Waals surface area contributed by atoms with Gasteiger partial charge in [0.1, 0.15) is 5.82 Å². The highest BCUT2D eigenvalue weighted by Gasteiger charge is 2.15. The molecular weight excluding hydrogens is 271 g/mol. The van der Waals surface area contributed by atoms with Gasteiger partial charge in [0.25, 0.3) is 0 Å². The van der Waals surface area contributed by atoms with Gasteiger partial charge in [0.2, 0.25) is 15.9 Å². The van der Waals surface area contributed by atoms with E-state index in [1.807, 2.05) is 13.8 Å². The molecule has 19 heavy (non-hydrogen) atoms. The third-order valence-corrected chi connectivity index (χ3v) is 3.64. The number of benzene rings is 1. The van der Waals surface area contributed by atoms with Gasteiger partial charge in [-0.1, -0.05) is 19.9 Å². The molecular formula is C12H17FN2O3S. The van der Waals surface area contributed by atoms with Crippen molar-refractivity contribution in [1.29, 1.82) is 0 Å². The maximum Gasteiger partial charge on any atom is 0.241 e. The van der Waals surface area contributed by atoms with E-state index in [-0.39, 0.29) is 17.4 Å². The van der Waals surface area contributed by atoms with Crippen molar-refractivity contribution in [3.05, 3.63) is 30.1 Å². The first-order chi connectivity index (χ1) is 8.81. The zero-order valence-electron chi connectivity index (χ0n) is 10.8. The van der Waals surface area contributed by atoms with Crippen molar-refractivity contribution >= 4 is 15.9 Å². The average molecular weight is 288 g/mol. The largest absolute Gasteiger partial charge is 0.355 e. The van der Waals surface area contributed by atoms with E-state index in [1.165, 1.54) is 12.1 Å². The molecule has 0 saturated carbocycles. The Labute approximate surface area is 112 Å². The molecule has 0 radical (unpaired) electrons. The third kappa shape index (κ3) is 5.35. The number of carbonyl (C=O) groups is 1. The van der Waals surface area contributed by atoms with Gasteiger partial charge in [0.15, 0.2) is 0 Å². The summed E-state index contributed by atoms with van der Waals surface area (Å²) in [6, 6.07) is 4.60. The second kappa shape index (κ2) is 6.63. The van der Waals surface area contributed by atoms with Crippen LogP contribution in [0.2, 0.25) is 0 Å². The minimum absolute atomic E-state index is 0.204. The molecule has 1 aromatic rings. The van der Waals surface area contributed by atoms with Crippen LogP contribution < -0.4 is 10.0 Å². The molecule has 0 bridgehead atoms. The van der Waals surface area contributed by atoms with Crippen LogP contribution in [-0.2, 0) is 14.8 Å². The highest BCUT2D eigenvalue weighted by Crippen LogP contribution is 2.09. The van der Waals surface area contributed by atoms with E-state index in [2.05, 4.69) is 10.0 Å². The number of sulfonamides is 1. The number of hydrogen-bond donors (Lipinski definition) is 2. The minimum atomic E-state index is -3.87. The molecule has 0 spiro atoms. The molecule has 7 heteroatoms. The van der Waals surface area contributed by atoms with E-state index in [0.717, 1.165) is 12.1 Å². The smallest absolute Gasteiger partial charge is 0.241 e. The summed E-state index contributed by atoms with van der Waals surface area (Å²) in [5.74, 6) is -0.787. The van der Waals surface area contributed by atoms with Gasteiger partial charge >= 0.3 is 0 Å². The second-order valence-corrected chi connectivity index (χ2v) is 6.25. The Kier molecular flexibility index (Phi) is 5.44. The quantitative estimate of drug-likeness (QED) is 0.816. The lowest BCUT2D eigenvalue weighted by atomic mass is 10.2. The predicted molar refractivity (Wildman–Crippen MR) is 69.4 cm³/mol. The molecule has 1 rings (SSSR count). The van der Waals surface area contributed by atoms with Crippen molar-refractivity contribution in [3.63, 3.8) is 0 Å². The molecule has 0 aromatic heterocycles. The summed E-state index contributed by atoms with van der Waals surface area (Å²) in [6.45, 7) is 3.96. The fourth-order valence-electron chi connectivity index (χ4n) is 1.26. The van der Waals surface area contributed by atoms with E-state index in [9.17, 15) is 17.6 Å². The fourth-order valence-corrected chi connectivity index (χ4v) is 2.27. The number of rotatable bonds is 6. The van der Waals surface area contributed by atoms with Gasteiger partial charge in [0.05, 0.1) is 11.4 Å². The molecule has 0 unspecified atom stereocenters. The van der Waals surface area contributed by atoms with Gasteiger partial charge in [-0.25, -0.2) is 17.5 Å². The topological polar surface area (TPSA) is 75.3 Å². The summed E-state index contributed by atoms with van der Waals surface area (Å²) in [6.07, 6.45) is 0. The van der Waals surface area contributed by atoms with Crippen LogP contribution in [0.15, 0.2) is 29.2 Å². The highest BCUT2D eigenvalue weighted by atomic mass is 32.2. The third-order valence-electron chi connectivity index (χ3n) is 2.24. The van der Waals surface area contributed by atoms with E-state index in [1.54, 1.807) is 0 Å². The van der Waals surface area contributed by atoms with Crippen LogP contribution >= 0.6 is 0 Å². The van der Waals surface area contributed by atoms with Crippen molar-refractivity contribution in [3.8, 4) is 0 Å². The van der Waals surface area contributed by atoms with Crippen molar-refractivity contribution in [2.75, 3.05) is 13.1 Å². The van der Waals surface area contributed by atoms with Gasteiger partial charge in [0, 0.05) is 6.54 Å². The first-order valence-electron chi connectivity index (χ1n) is 5.83. The molecule has 0 atom stereocenters. The Morgan fingerprint density at radius 1 is 1.37 bits per heavy atom. The van der Waals surface area contributed by atoms with Gasteiger partial charge < -0.3 is 5.32 Å². The van der Waals surface area contributed by atoms with Crippen molar-refractivity contribution in [2.45, 2.75) is 18.7 Å². The highest BCUT2D eigenvalue weighted by molar-refractivity contribution is 7.89. The summed E-state index contributed by atoms with van der Waals surface area (Å²) >= 11 is 0. The summed E-state index contributed by atoms with van der Waals surface area (Å²) in [7, 11) is -3.87. The van der Waals surface area contributed by atoms with Crippen LogP contribution in [-0.4, -0.2) is 27.4 Å².